The van der Waals surface area contributed by atoms with Gasteiger partial charge in [0.05, 0.1) is 6.42 Å². The molecule has 4 nitrogen and oxygen atoms in total. The van der Waals surface area contributed by atoms with Gasteiger partial charge in [0, 0.05) is 5.57 Å². The second-order valence-electron chi connectivity index (χ2n) is 5.15. The van der Waals surface area contributed by atoms with Crippen molar-refractivity contribution >= 4 is 11.9 Å². The van der Waals surface area contributed by atoms with Gasteiger partial charge in [-0.1, -0.05) is 19.6 Å². The second kappa shape index (κ2) is 6.55. The van der Waals surface area contributed by atoms with Crippen molar-refractivity contribution in [2.75, 3.05) is 0 Å². The van der Waals surface area contributed by atoms with Gasteiger partial charge in [0.2, 0.25) is 0 Å². The average Bonchev–Trinajstić information content (AvgIpc) is 2.74. The number of hydrogen-bond donors (Lipinski definition) is 0. The van der Waals surface area contributed by atoms with E-state index in [4.69, 9.17) is 9.47 Å². The van der Waals surface area contributed by atoms with Gasteiger partial charge in [-0.15, -0.1) is 0 Å². The van der Waals surface area contributed by atoms with Gasteiger partial charge in [-0.3, -0.25) is 4.79 Å². The third-order valence-corrected chi connectivity index (χ3v) is 3.10. The molecule has 1 aliphatic carbocycles. The highest BCUT2D eigenvalue weighted by Gasteiger charge is 2.29. The van der Waals surface area contributed by atoms with Crippen LogP contribution in [0.2, 0.25) is 0 Å². The van der Waals surface area contributed by atoms with E-state index in [2.05, 4.69) is 6.58 Å². The molecule has 0 bridgehead atoms. The van der Waals surface area contributed by atoms with E-state index >= 15 is 0 Å². The lowest BCUT2D eigenvalue weighted by Gasteiger charge is -2.24. The Morgan fingerprint density at radius 2 is 2.16 bits per heavy atom. The molecule has 2 unspecified atom stereocenters. The summed E-state index contributed by atoms with van der Waals surface area (Å²) in [5.74, 6) is -0.804. The van der Waals surface area contributed by atoms with Crippen LogP contribution in [0.15, 0.2) is 24.3 Å². The summed E-state index contributed by atoms with van der Waals surface area (Å²) in [5.41, 5.74) is -0.175. The Kier molecular flexibility index (Phi) is 5.33. The lowest BCUT2D eigenvalue weighted by atomic mass is 10.1. The van der Waals surface area contributed by atoms with Gasteiger partial charge in [0.15, 0.2) is 0 Å². The van der Waals surface area contributed by atoms with Gasteiger partial charge in [-0.25, -0.2) is 4.79 Å². The molecule has 0 N–H and O–H groups in total. The first-order valence-electron chi connectivity index (χ1n) is 6.62. The van der Waals surface area contributed by atoms with Crippen molar-refractivity contribution in [2.24, 2.45) is 0 Å². The number of hydrogen-bond acceptors (Lipinski definition) is 4. The number of esters is 2. The van der Waals surface area contributed by atoms with E-state index in [9.17, 15) is 9.59 Å². The van der Waals surface area contributed by atoms with Crippen molar-refractivity contribution < 1.29 is 19.1 Å². The molecule has 4 heteroatoms. The van der Waals surface area contributed by atoms with E-state index in [1.165, 1.54) is 0 Å². The molecular weight excluding hydrogens is 244 g/mol. The average molecular weight is 266 g/mol. The van der Waals surface area contributed by atoms with Crippen LogP contribution in [0.3, 0.4) is 0 Å². The van der Waals surface area contributed by atoms with E-state index < -0.39 is 17.7 Å². The molecule has 0 aliphatic heterocycles. The molecule has 1 rings (SSSR count). The SMILES string of the molecule is C=C(C)C(=O)OC(CC)CC(=O)OC1(C)C=CCC1. The van der Waals surface area contributed by atoms with Crippen molar-refractivity contribution in [3.8, 4) is 0 Å². The van der Waals surface area contributed by atoms with E-state index in [0.29, 0.717) is 12.0 Å². The van der Waals surface area contributed by atoms with Gasteiger partial charge in [0.25, 0.3) is 0 Å². The maximum atomic E-state index is 11.9. The summed E-state index contributed by atoms with van der Waals surface area (Å²) < 4.78 is 10.6. The van der Waals surface area contributed by atoms with E-state index in [1.54, 1.807) is 6.92 Å². The number of rotatable bonds is 6. The number of carbonyl (C=O) groups excluding carboxylic acids is 2. The van der Waals surface area contributed by atoms with Crippen LogP contribution in [0.4, 0.5) is 0 Å². The van der Waals surface area contributed by atoms with Gasteiger partial charge >= 0.3 is 11.9 Å². The molecule has 0 aromatic carbocycles. The summed E-state index contributed by atoms with van der Waals surface area (Å²) in [6.07, 6.45) is 5.84. The zero-order valence-electron chi connectivity index (χ0n) is 11.9. The molecule has 0 radical (unpaired) electrons. The molecule has 0 spiro atoms. The normalized spacial score (nSPS) is 22.9. The van der Waals surface area contributed by atoms with Gasteiger partial charge in [-0.2, -0.15) is 0 Å². The Labute approximate surface area is 114 Å². The summed E-state index contributed by atoms with van der Waals surface area (Å²) in [6, 6.07) is 0. The highest BCUT2D eigenvalue weighted by molar-refractivity contribution is 5.87. The molecular formula is C15H22O4. The molecule has 106 valence electrons. The molecule has 0 amide bonds. The fourth-order valence-corrected chi connectivity index (χ4v) is 1.88. The van der Waals surface area contributed by atoms with Crippen LogP contribution >= 0.6 is 0 Å². The minimum absolute atomic E-state index is 0.0823. The molecule has 19 heavy (non-hydrogen) atoms. The molecule has 2 atom stereocenters. The Bertz CT molecular complexity index is 397. The standard InChI is InChI=1S/C15H22O4/c1-5-12(18-14(17)11(2)3)10-13(16)19-15(4)8-6-7-9-15/h6,8,12H,2,5,7,9-10H2,1,3-4H3. The third kappa shape index (κ3) is 4.89. The number of carbonyl (C=O) groups is 2. The van der Waals surface area contributed by atoms with Gasteiger partial charge in [0.1, 0.15) is 11.7 Å². The zero-order chi connectivity index (χ0) is 14.5. The fraction of sp³-hybridized carbons (Fsp3) is 0.600. The van der Waals surface area contributed by atoms with Crippen LogP contribution in [0.25, 0.3) is 0 Å². The Morgan fingerprint density at radius 3 is 2.63 bits per heavy atom. The monoisotopic (exact) mass is 266 g/mol. The lowest BCUT2D eigenvalue weighted by Crippen LogP contribution is -2.30. The van der Waals surface area contributed by atoms with Crippen molar-refractivity contribution in [2.45, 2.75) is 58.2 Å². The van der Waals surface area contributed by atoms with Crippen molar-refractivity contribution in [3.05, 3.63) is 24.3 Å². The largest absolute Gasteiger partial charge is 0.458 e. The lowest BCUT2D eigenvalue weighted by molar-refractivity contribution is -0.159. The molecule has 1 aliphatic rings. The fourth-order valence-electron chi connectivity index (χ4n) is 1.88. The first-order valence-corrected chi connectivity index (χ1v) is 6.62. The smallest absolute Gasteiger partial charge is 0.333 e. The highest BCUT2D eigenvalue weighted by Crippen LogP contribution is 2.26. The summed E-state index contributed by atoms with van der Waals surface area (Å²) >= 11 is 0. The summed E-state index contributed by atoms with van der Waals surface area (Å²) in [5, 5.41) is 0. The predicted octanol–water partition coefficient (Wildman–Crippen LogP) is 2.93. The molecule has 0 aromatic rings. The van der Waals surface area contributed by atoms with Crippen LogP contribution < -0.4 is 0 Å². The minimum atomic E-state index is -0.506. The minimum Gasteiger partial charge on any atom is -0.458 e. The molecule has 0 saturated carbocycles. The number of allylic oxidation sites excluding steroid dienone is 1. The zero-order valence-corrected chi connectivity index (χ0v) is 11.9. The Hall–Kier alpha value is -1.58. The van der Waals surface area contributed by atoms with Gasteiger partial charge in [-0.05, 0) is 39.2 Å². The summed E-state index contributed by atoms with van der Waals surface area (Å²) in [4.78, 5) is 23.3. The van der Waals surface area contributed by atoms with E-state index in [-0.39, 0.29) is 12.4 Å². The predicted molar refractivity (Wildman–Crippen MR) is 72.5 cm³/mol. The Balaban J connectivity index is 2.47. The summed E-state index contributed by atoms with van der Waals surface area (Å²) in [6.45, 7) is 8.84. The van der Waals surface area contributed by atoms with Crippen LogP contribution in [-0.4, -0.2) is 23.6 Å². The molecule has 0 saturated heterocycles. The quantitative estimate of drug-likeness (QED) is 0.421. The van der Waals surface area contributed by atoms with Crippen LogP contribution in [-0.2, 0) is 19.1 Å². The van der Waals surface area contributed by atoms with Crippen molar-refractivity contribution in [1.82, 2.24) is 0 Å². The number of ether oxygens (including phenoxy) is 2. The molecule has 0 aromatic heterocycles. The summed E-state index contributed by atoms with van der Waals surface area (Å²) in [7, 11) is 0. The second-order valence-corrected chi connectivity index (χ2v) is 5.15. The van der Waals surface area contributed by atoms with Crippen molar-refractivity contribution in [3.63, 3.8) is 0 Å². The highest BCUT2D eigenvalue weighted by atomic mass is 16.6. The van der Waals surface area contributed by atoms with Crippen molar-refractivity contribution in [1.29, 1.82) is 0 Å². The maximum absolute atomic E-state index is 11.9. The van der Waals surface area contributed by atoms with Crippen LogP contribution in [0.5, 0.6) is 0 Å². The first-order chi connectivity index (χ1) is 8.86. The maximum Gasteiger partial charge on any atom is 0.333 e. The van der Waals surface area contributed by atoms with Crippen LogP contribution in [0.1, 0.15) is 46.5 Å². The first kappa shape index (κ1) is 15.5. The van der Waals surface area contributed by atoms with Gasteiger partial charge < -0.3 is 9.47 Å². The Morgan fingerprint density at radius 1 is 1.47 bits per heavy atom. The molecule has 0 fully saturated rings. The topological polar surface area (TPSA) is 52.6 Å². The molecule has 0 heterocycles. The van der Waals surface area contributed by atoms with Crippen LogP contribution in [0, 0.1) is 0 Å². The van der Waals surface area contributed by atoms with E-state index in [0.717, 1.165) is 12.8 Å². The van der Waals surface area contributed by atoms with E-state index in [1.807, 2.05) is 26.0 Å². The third-order valence-electron chi connectivity index (χ3n) is 3.10.